The van der Waals surface area contributed by atoms with Gasteiger partial charge >= 0.3 is 5.97 Å². The first-order valence-corrected chi connectivity index (χ1v) is 8.95. The number of benzene rings is 2. The molecule has 3 aromatic rings. The molecule has 0 atom stereocenters. The highest BCUT2D eigenvalue weighted by Crippen LogP contribution is 2.39. The lowest BCUT2D eigenvalue weighted by molar-refractivity contribution is -0.0465. The van der Waals surface area contributed by atoms with Gasteiger partial charge in [-0.2, -0.15) is 0 Å². The van der Waals surface area contributed by atoms with Crippen LogP contribution in [0.4, 0.5) is 10.2 Å². The van der Waals surface area contributed by atoms with Crippen molar-refractivity contribution in [1.82, 2.24) is 4.57 Å². The van der Waals surface area contributed by atoms with E-state index in [1.165, 1.54) is 12.1 Å². The molecule has 1 aliphatic heterocycles. The second-order valence-corrected chi connectivity index (χ2v) is 7.18. The lowest BCUT2D eigenvalue weighted by Gasteiger charge is -2.43. The summed E-state index contributed by atoms with van der Waals surface area (Å²) in [5.41, 5.74) is 0.364. The van der Waals surface area contributed by atoms with E-state index in [-0.39, 0.29) is 18.8 Å². The van der Waals surface area contributed by atoms with Crippen LogP contribution in [0.25, 0.3) is 10.9 Å². The Morgan fingerprint density at radius 1 is 1.32 bits per heavy atom. The van der Waals surface area contributed by atoms with Crippen molar-refractivity contribution in [3.63, 3.8) is 0 Å². The molecule has 0 saturated carbocycles. The second-order valence-electron chi connectivity index (χ2n) is 6.80. The Bertz CT molecular complexity index is 1090. The summed E-state index contributed by atoms with van der Waals surface area (Å²) in [5.74, 6) is -0.456. The molecule has 1 aromatic heterocycles. The van der Waals surface area contributed by atoms with Crippen molar-refractivity contribution in [2.45, 2.75) is 5.54 Å². The molecule has 0 unspecified atom stereocenters. The fourth-order valence-electron chi connectivity index (χ4n) is 3.52. The number of nitrogens with zero attached hydrogens (tertiary/aromatic N) is 1. The first kappa shape index (κ1) is 18.6. The van der Waals surface area contributed by atoms with Crippen LogP contribution in [0, 0.1) is 5.82 Å². The van der Waals surface area contributed by atoms with Crippen LogP contribution in [0.15, 0.2) is 36.4 Å². The molecule has 8 heteroatoms. The number of hydrogen-bond acceptors (Lipinski definition) is 4. The van der Waals surface area contributed by atoms with Crippen molar-refractivity contribution in [3.05, 3.63) is 58.4 Å². The molecule has 1 aliphatic rings. The number of carbonyl (C=O) groups is 1. The number of aryl methyl sites for hydroxylation is 1. The minimum Gasteiger partial charge on any atom is -0.495 e. The summed E-state index contributed by atoms with van der Waals surface area (Å²) < 4.78 is 27.3. The largest absolute Gasteiger partial charge is 0.495 e. The van der Waals surface area contributed by atoms with Crippen molar-refractivity contribution in [3.8, 4) is 5.75 Å². The van der Waals surface area contributed by atoms with Crippen molar-refractivity contribution in [2.24, 2.45) is 7.05 Å². The van der Waals surface area contributed by atoms with E-state index in [0.29, 0.717) is 16.3 Å². The minimum absolute atomic E-state index is 0.0971. The monoisotopic (exact) mass is 404 g/mol. The van der Waals surface area contributed by atoms with Gasteiger partial charge in [-0.15, -0.1) is 0 Å². The van der Waals surface area contributed by atoms with Crippen LogP contribution in [-0.2, 0) is 17.3 Å². The minimum atomic E-state index is -1.17. The number of aromatic carboxylic acids is 1. The summed E-state index contributed by atoms with van der Waals surface area (Å²) in [6.07, 6.45) is 0. The number of carboxylic acids is 1. The molecule has 146 valence electrons. The topological polar surface area (TPSA) is 72.7 Å². The van der Waals surface area contributed by atoms with Gasteiger partial charge in [-0.3, -0.25) is 0 Å². The quantitative estimate of drug-likeness (QED) is 0.672. The highest BCUT2D eigenvalue weighted by molar-refractivity contribution is 6.37. The van der Waals surface area contributed by atoms with E-state index in [4.69, 9.17) is 26.2 Å². The first-order valence-electron chi connectivity index (χ1n) is 8.57. The number of methoxy groups -OCH3 is 1. The van der Waals surface area contributed by atoms with Crippen molar-refractivity contribution in [2.75, 3.05) is 25.6 Å². The Morgan fingerprint density at radius 2 is 2.07 bits per heavy atom. The average Bonchev–Trinajstić information content (AvgIpc) is 2.95. The molecular weight excluding hydrogens is 387 g/mol. The van der Waals surface area contributed by atoms with E-state index in [2.05, 4.69) is 5.32 Å². The Balaban J connectivity index is 1.76. The number of hydrogen-bond donors (Lipinski definition) is 2. The number of anilines is 1. The molecule has 1 saturated heterocycles. The Kier molecular flexibility index (Phi) is 4.44. The van der Waals surface area contributed by atoms with Crippen LogP contribution < -0.4 is 10.1 Å². The van der Waals surface area contributed by atoms with Gasteiger partial charge in [0, 0.05) is 18.0 Å². The van der Waals surface area contributed by atoms with E-state index >= 15 is 0 Å². The highest BCUT2D eigenvalue weighted by atomic mass is 35.5. The number of fused-ring (bicyclic) bond motifs is 1. The molecule has 4 rings (SSSR count). The van der Waals surface area contributed by atoms with Crippen molar-refractivity contribution >= 4 is 34.3 Å². The summed E-state index contributed by atoms with van der Waals surface area (Å²) in [7, 11) is 3.43. The SMILES string of the molecule is COc1ccc2c(cc(NC3(c4ccc(C(=O)O)cc4F)COC3)n2C)c1Cl. The summed E-state index contributed by atoms with van der Waals surface area (Å²) in [6, 6.07) is 9.49. The van der Waals surface area contributed by atoms with E-state index < -0.39 is 17.3 Å². The second kappa shape index (κ2) is 6.68. The molecule has 6 nitrogen and oxygen atoms in total. The summed E-state index contributed by atoms with van der Waals surface area (Å²) in [6.45, 7) is 0.518. The number of ether oxygens (including phenoxy) is 2. The maximum absolute atomic E-state index is 14.7. The molecule has 28 heavy (non-hydrogen) atoms. The van der Waals surface area contributed by atoms with E-state index in [9.17, 15) is 9.18 Å². The molecule has 2 N–H and O–H groups in total. The standard InChI is InChI=1S/C20H18ClFN2O4/c1-24-15-5-6-16(27-2)18(21)12(15)8-17(24)23-20(9-28-10-20)13-4-3-11(19(25)26)7-14(13)22/h3-8,23H,9-10H2,1-2H3,(H,25,26). The van der Waals surface area contributed by atoms with Gasteiger partial charge < -0.3 is 24.5 Å². The smallest absolute Gasteiger partial charge is 0.335 e. The van der Waals surface area contributed by atoms with E-state index in [0.717, 1.165) is 22.8 Å². The van der Waals surface area contributed by atoms with E-state index in [1.807, 2.05) is 23.7 Å². The Labute approximate surface area is 165 Å². The zero-order valence-electron chi connectivity index (χ0n) is 15.3. The third kappa shape index (κ3) is 2.78. The lowest BCUT2D eigenvalue weighted by Crippen LogP contribution is -2.53. The van der Waals surface area contributed by atoms with Gasteiger partial charge in [0.1, 0.15) is 22.9 Å². The molecule has 0 radical (unpaired) electrons. The zero-order chi connectivity index (χ0) is 20.1. The van der Waals surface area contributed by atoms with E-state index in [1.54, 1.807) is 13.2 Å². The zero-order valence-corrected chi connectivity index (χ0v) is 16.0. The molecule has 0 spiro atoms. The summed E-state index contributed by atoms with van der Waals surface area (Å²) in [5, 5.41) is 13.7. The number of carboxylic acid groups (broad SMARTS) is 1. The average molecular weight is 405 g/mol. The summed E-state index contributed by atoms with van der Waals surface area (Å²) >= 11 is 6.43. The fourth-order valence-corrected chi connectivity index (χ4v) is 3.81. The van der Waals surface area contributed by atoms with Crippen LogP contribution in [0.1, 0.15) is 15.9 Å². The highest BCUT2D eigenvalue weighted by Gasteiger charge is 2.43. The normalized spacial score (nSPS) is 15.3. The Hall–Kier alpha value is -2.77. The maximum atomic E-state index is 14.7. The van der Waals surface area contributed by atoms with Crippen molar-refractivity contribution < 1.29 is 23.8 Å². The van der Waals surface area contributed by atoms with Crippen LogP contribution in [0.2, 0.25) is 5.02 Å². The predicted octanol–water partition coefficient (Wildman–Crippen LogP) is 4.02. The van der Waals surface area contributed by atoms with Gasteiger partial charge in [-0.1, -0.05) is 17.7 Å². The lowest BCUT2D eigenvalue weighted by atomic mass is 9.87. The van der Waals surface area contributed by atoms with Crippen LogP contribution in [0.5, 0.6) is 5.75 Å². The first-order chi connectivity index (χ1) is 13.4. The maximum Gasteiger partial charge on any atom is 0.335 e. The van der Waals surface area contributed by atoms with Gasteiger partial charge in [0.15, 0.2) is 0 Å². The number of halogens is 2. The van der Waals surface area contributed by atoms with Gasteiger partial charge in [0.05, 0.1) is 36.4 Å². The molecule has 0 bridgehead atoms. The van der Waals surface area contributed by atoms with Crippen molar-refractivity contribution in [1.29, 1.82) is 0 Å². The van der Waals surface area contributed by atoms with Crippen LogP contribution in [-0.4, -0.2) is 36.0 Å². The third-order valence-electron chi connectivity index (χ3n) is 5.14. The number of nitrogens with one attached hydrogen (secondary N) is 1. The Morgan fingerprint density at radius 3 is 2.64 bits per heavy atom. The van der Waals surface area contributed by atoms with Gasteiger partial charge in [0.2, 0.25) is 0 Å². The molecule has 2 aromatic carbocycles. The summed E-state index contributed by atoms with van der Waals surface area (Å²) in [4.78, 5) is 11.1. The third-order valence-corrected chi connectivity index (χ3v) is 5.53. The number of rotatable bonds is 5. The fraction of sp³-hybridized carbons (Fsp3) is 0.250. The predicted molar refractivity (Wildman–Crippen MR) is 104 cm³/mol. The van der Waals surface area contributed by atoms with Gasteiger partial charge in [-0.05, 0) is 30.3 Å². The molecular formula is C20H18ClFN2O4. The van der Waals surface area contributed by atoms with Gasteiger partial charge in [0.25, 0.3) is 0 Å². The molecule has 0 amide bonds. The molecule has 0 aliphatic carbocycles. The van der Waals surface area contributed by atoms with Gasteiger partial charge in [-0.25, -0.2) is 9.18 Å². The molecule has 1 fully saturated rings. The molecule has 2 heterocycles. The van der Waals surface area contributed by atoms with Crippen LogP contribution in [0.3, 0.4) is 0 Å². The van der Waals surface area contributed by atoms with Crippen LogP contribution >= 0.6 is 11.6 Å². The number of aromatic nitrogens is 1.